The molecule has 154 valence electrons. The second-order valence-corrected chi connectivity index (χ2v) is 8.14. The zero-order valence-electron chi connectivity index (χ0n) is 16.7. The summed E-state index contributed by atoms with van der Waals surface area (Å²) in [5.41, 5.74) is 2.35. The summed E-state index contributed by atoms with van der Waals surface area (Å²) in [4.78, 5) is 17.0. The van der Waals surface area contributed by atoms with E-state index >= 15 is 0 Å². The van der Waals surface area contributed by atoms with Gasteiger partial charge in [-0.15, -0.1) is 0 Å². The van der Waals surface area contributed by atoms with E-state index < -0.39 is 0 Å². The molecule has 4 rings (SSSR count). The van der Waals surface area contributed by atoms with E-state index in [-0.39, 0.29) is 17.9 Å². The third kappa shape index (κ3) is 5.48. The minimum absolute atomic E-state index is 0.0724. The third-order valence-electron chi connectivity index (χ3n) is 5.89. The fraction of sp³-hybridized carbons (Fsp3) is 0.435. The van der Waals surface area contributed by atoms with E-state index in [2.05, 4.69) is 44.7 Å². The topological polar surface area (TPSA) is 47.6 Å². The predicted molar refractivity (Wildman–Crippen MR) is 113 cm³/mol. The van der Waals surface area contributed by atoms with E-state index in [0.717, 1.165) is 51.3 Å². The van der Waals surface area contributed by atoms with Gasteiger partial charge in [-0.2, -0.15) is 0 Å². The van der Waals surface area contributed by atoms with Crippen LogP contribution in [-0.4, -0.2) is 49.7 Å². The minimum Gasteiger partial charge on any atom is -0.371 e. The number of halogens is 1. The van der Waals surface area contributed by atoms with Crippen LogP contribution in [0.1, 0.15) is 18.4 Å². The molecule has 0 bridgehead atoms. The maximum atomic E-state index is 13.1. The van der Waals surface area contributed by atoms with Gasteiger partial charge < -0.3 is 15.5 Å². The van der Waals surface area contributed by atoms with Crippen molar-refractivity contribution in [3.63, 3.8) is 0 Å². The van der Waals surface area contributed by atoms with Crippen LogP contribution in [0, 0.1) is 11.7 Å². The quantitative estimate of drug-likeness (QED) is 0.788. The van der Waals surface area contributed by atoms with E-state index in [1.54, 1.807) is 0 Å². The highest BCUT2D eigenvalue weighted by atomic mass is 19.1. The lowest BCUT2D eigenvalue weighted by Crippen LogP contribution is -2.44. The smallest absolute Gasteiger partial charge is 0.315 e. The highest BCUT2D eigenvalue weighted by Crippen LogP contribution is 2.23. The highest BCUT2D eigenvalue weighted by Gasteiger charge is 2.26. The van der Waals surface area contributed by atoms with Crippen LogP contribution in [0.5, 0.6) is 0 Å². The molecular weight excluding hydrogens is 367 g/mol. The van der Waals surface area contributed by atoms with Gasteiger partial charge in [0.15, 0.2) is 0 Å². The number of hydrogen-bond donors (Lipinski definition) is 2. The Morgan fingerprint density at radius 1 is 1.00 bits per heavy atom. The van der Waals surface area contributed by atoms with Crippen LogP contribution >= 0.6 is 0 Å². The van der Waals surface area contributed by atoms with Crippen LogP contribution in [0.4, 0.5) is 14.9 Å². The summed E-state index contributed by atoms with van der Waals surface area (Å²) in [6.07, 6.45) is 2.02. The first-order valence-corrected chi connectivity index (χ1v) is 10.5. The molecule has 2 aromatic rings. The largest absolute Gasteiger partial charge is 0.371 e. The van der Waals surface area contributed by atoms with Crippen LogP contribution in [0.15, 0.2) is 54.6 Å². The first kappa shape index (κ1) is 19.7. The summed E-state index contributed by atoms with van der Waals surface area (Å²) in [5.74, 6) is 0.209. The lowest BCUT2D eigenvalue weighted by molar-refractivity contribution is 0.234. The Hall–Kier alpha value is -2.60. The van der Waals surface area contributed by atoms with Crippen LogP contribution in [-0.2, 0) is 6.54 Å². The molecule has 2 atom stereocenters. The average Bonchev–Trinajstić information content (AvgIpc) is 3.37. The number of benzene rings is 2. The van der Waals surface area contributed by atoms with Gasteiger partial charge >= 0.3 is 6.03 Å². The Balaban J connectivity index is 1.16. The summed E-state index contributed by atoms with van der Waals surface area (Å²) >= 11 is 0. The number of carbonyl (C=O) groups is 1. The van der Waals surface area contributed by atoms with Gasteiger partial charge in [-0.05, 0) is 48.6 Å². The molecule has 2 amide bonds. The molecule has 2 aliphatic heterocycles. The summed E-state index contributed by atoms with van der Waals surface area (Å²) in [7, 11) is 0. The molecule has 5 nitrogen and oxygen atoms in total. The molecule has 0 saturated carbocycles. The molecule has 0 unspecified atom stereocenters. The van der Waals surface area contributed by atoms with Gasteiger partial charge in [-0.1, -0.05) is 30.3 Å². The van der Waals surface area contributed by atoms with Crippen molar-refractivity contribution < 1.29 is 9.18 Å². The van der Waals surface area contributed by atoms with E-state index in [1.807, 2.05) is 18.2 Å². The summed E-state index contributed by atoms with van der Waals surface area (Å²) < 4.78 is 13.1. The van der Waals surface area contributed by atoms with Gasteiger partial charge in [0, 0.05) is 51.0 Å². The Morgan fingerprint density at radius 3 is 2.59 bits per heavy atom. The van der Waals surface area contributed by atoms with Crippen LogP contribution < -0.4 is 15.5 Å². The molecule has 2 saturated heterocycles. The number of anilines is 1. The second-order valence-electron chi connectivity index (χ2n) is 8.14. The zero-order chi connectivity index (χ0) is 20.1. The van der Waals surface area contributed by atoms with Crippen molar-refractivity contribution in [2.45, 2.75) is 25.4 Å². The second kappa shape index (κ2) is 9.27. The number of urea groups is 1. The first-order chi connectivity index (χ1) is 14.2. The molecule has 0 radical (unpaired) electrons. The van der Waals surface area contributed by atoms with Gasteiger partial charge in [0.25, 0.3) is 0 Å². The molecule has 0 spiro atoms. The van der Waals surface area contributed by atoms with Gasteiger partial charge in [0.1, 0.15) is 5.82 Å². The molecular formula is C23H29FN4O. The molecule has 2 fully saturated rings. The Kier molecular flexibility index (Phi) is 6.30. The molecule has 29 heavy (non-hydrogen) atoms. The monoisotopic (exact) mass is 396 g/mol. The van der Waals surface area contributed by atoms with Crippen LogP contribution in [0.3, 0.4) is 0 Å². The van der Waals surface area contributed by atoms with E-state index in [0.29, 0.717) is 12.5 Å². The molecule has 0 aromatic heterocycles. The zero-order valence-corrected chi connectivity index (χ0v) is 16.7. The number of hydrogen-bond acceptors (Lipinski definition) is 3. The van der Waals surface area contributed by atoms with Crippen molar-refractivity contribution in [2.24, 2.45) is 5.92 Å². The summed E-state index contributed by atoms with van der Waals surface area (Å²) in [6.45, 7) is 5.34. The fourth-order valence-electron chi connectivity index (χ4n) is 4.29. The van der Waals surface area contributed by atoms with E-state index in [9.17, 15) is 9.18 Å². The first-order valence-electron chi connectivity index (χ1n) is 10.5. The van der Waals surface area contributed by atoms with Gasteiger partial charge in [0.05, 0.1) is 0 Å². The third-order valence-corrected chi connectivity index (χ3v) is 5.89. The lowest BCUT2D eigenvalue weighted by Gasteiger charge is -2.19. The van der Waals surface area contributed by atoms with Crippen molar-refractivity contribution in [2.75, 3.05) is 37.6 Å². The number of nitrogens with zero attached hydrogens (tertiary/aromatic N) is 2. The normalized spacial score (nSPS) is 22.0. The molecule has 2 heterocycles. The van der Waals surface area contributed by atoms with Crippen LogP contribution in [0.25, 0.3) is 0 Å². The summed E-state index contributed by atoms with van der Waals surface area (Å²) in [5, 5.41) is 6.16. The Bertz CT molecular complexity index is 798. The maximum absolute atomic E-state index is 13.1. The Labute approximate surface area is 171 Å². The number of rotatable bonds is 6. The molecule has 6 heteroatoms. The van der Waals surface area contributed by atoms with Crippen molar-refractivity contribution in [1.29, 1.82) is 0 Å². The molecule has 2 aromatic carbocycles. The molecule has 0 aliphatic carbocycles. The van der Waals surface area contributed by atoms with Crippen molar-refractivity contribution in [3.05, 3.63) is 66.0 Å². The number of carbonyl (C=O) groups excluding carboxylic acids is 1. The Morgan fingerprint density at radius 2 is 1.79 bits per heavy atom. The van der Waals surface area contributed by atoms with Gasteiger partial charge in [-0.3, -0.25) is 4.90 Å². The fourth-order valence-corrected chi connectivity index (χ4v) is 4.29. The lowest BCUT2D eigenvalue weighted by atomic mass is 10.1. The maximum Gasteiger partial charge on any atom is 0.315 e. The standard InChI is InChI=1S/C23H29FN4O/c24-20-6-8-22(9-7-20)28-13-10-19(16-28)14-25-23(29)26-21-11-12-27(17-21)15-18-4-2-1-3-5-18/h1-9,19,21H,10-17H2,(H2,25,26,29)/t19-,21+/m0/s1. The van der Waals surface area contributed by atoms with Crippen molar-refractivity contribution in [3.8, 4) is 0 Å². The number of amides is 2. The van der Waals surface area contributed by atoms with E-state index in [1.165, 1.54) is 17.7 Å². The molecule has 2 N–H and O–H groups in total. The number of likely N-dealkylation sites (tertiary alicyclic amines) is 1. The predicted octanol–water partition coefficient (Wildman–Crippen LogP) is 3.23. The van der Waals surface area contributed by atoms with Crippen molar-refractivity contribution in [1.82, 2.24) is 15.5 Å². The number of nitrogens with one attached hydrogen (secondary N) is 2. The minimum atomic E-state index is -0.211. The highest BCUT2D eigenvalue weighted by molar-refractivity contribution is 5.74. The SMILES string of the molecule is O=C(NC[C@@H]1CCN(c2ccc(F)cc2)C1)N[C@@H]1CCN(Cc2ccccc2)C1. The van der Waals surface area contributed by atoms with E-state index in [4.69, 9.17) is 0 Å². The average molecular weight is 397 g/mol. The summed E-state index contributed by atoms with van der Waals surface area (Å²) in [6, 6.07) is 17.2. The van der Waals surface area contributed by atoms with Crippen LogP contribution in [0.2, 0.25) is 0 Å². The van der Waals surface area contributed by atoms with Gasteiger partial charge in [-0.25, -0.2) is 9.18 Å². The molecule has 2 aliphatic rings. The van der Waals surface area contributed by atoms with Crippen molar-refractivity contribution >= 4 is 11.7 Å². The van der Waals surface area contributed by atoms with Gasteiger partial charge in [0.2, 0.25) is 0 Å².